The Labute approximate surface area is 102 Å². The topological polar surface area (TPSA) is 46.2 Å². The average Bonchev–Trinajstić information content (AvgIpc) is 2.40. The van der Waals surface area contributed by atoms with E-state index >= 15 is 0 Å². The molecule has 0 fully saturated rings. The fourth-order valence-electron chi connectivity index (χ4n) is 1.88. The Morgan fingerprint density at radius 1 is 0.941 bits per heavy atom. The van der Waals surface area contributed by atoms with Gasteiger partial charge in [0.05, 0.1) is 6.61 Å². The lowest BCUT2D eigenvalue weighted by molar-refractivity contribution is 0.265. The summed E-state index contributed by atoms with van der Waals surface area (Å²) in [6.07, 6.45) is 0.706. The van der Waals surface area contributed by atoms with Crippen molar-refractivity contribution in [2.75, 3.05) is 6.61 Å². The Morgan fingerprint density at radius 3 is 2.35 bits per heavy atom. The number of benzene rings is 2. The summed E-state index contributed by atoms with van der Waals surface area (Å²) in [5.41, 5.74) is 9.29. The van der Waals surface area contributed by atoms with Gasteiger partial charge >= 0.3 is 0 Å². The molecule has 0 aromatic heterocycles. The van der Waals surface area contributed by atoms with Crippen molar-refractivity contribution < 1.29 is 5.11 Å². The van der Waals surface area contributed by atoms with Crippen molar-refractivity contribution in [2.24, 2.45) is 5.73 Å². The lowest BCUT2D eigenvalue weighted by Gasteiger charge is -2.09. The first-order chi connectivity index (χ1) is 8.29. The zero-order valence-electron chi connectivity index (χ0n) is 9.71. The number of aliphatic hydroxyl groups excluding tert-OH is 1. The maximum atomic E-state index is 8.96. The monoisotopic (exact) mass is 227 g/mol. The minimum atomic E-state index is -0.180. The molecule has 0 spiro atoms. The number of hydrogen-bond donors (Lipinski definition) is 2. The van der Waals surface area contributed by atoms with E-state index in [1.807, 2.05) is 30.3 Å². The first kappa shape index (κ1) is 11.8. The number of nitrogens with two attached hydrogens (primary N) is 1. The maximum absolute atomic E-state index is 8.96. The molecular formula is C15H17NO. The summed E-state index contributed by atoms with van der Waals surface area (Å²) < 4.78 is 0. The Kier molecular flexibility index (Phi) is 3.91. The quantitative estimate of drug-likeness (QED) is 0.841. The molecule has 88 valence electrons. The first-order valence-electron chi connectivity index (χ1n) is 5.80. The zero-order valence-corrected chi connectivity index (χ0v) is 9.71. The van der Waals surface area contributed by atoms with Crippen LogP contribution in [-0.4, -0.2) is 17.8 Å². The Morgan fingerprint density at radius 2 is 1.65 bits per heavy atom. The van der Waals surface area contributed by atoms with E-state index in [4.69, 9.17) is 10.8 Å². The van der Waals surface area contributed by atoms with E-state index < -0.39 is 0 Å². The molecule has 2 aromatic carbocycles. The molecule has 17 heavy (non-hydrogen) atoms. The molecule has 1 unspecified atom stereocenters. The highest BCUT2D eigenvalue weighted by Crippen LogP contribution is 2.20. The van der Waals surface area contributed by atoms with Crippen LogP contribution in [0.15, 0.2) is 54.6 Å². The summed E-state index contributed by atoms with van der Waals surface area (Å²) in [5, 5.41) is 8.96. The fraction of sp³-hybridized carbons (Fsp3) is 0.200. The van der Waals surface area contributed by atoms with E-state index in [1.165, 1.54) is 11.1 Å². The molecule has 1 atom stereocenters. The van der Waals surface area contributed by atoms with Crippen LogP contribution in [0.3, 0.4) is 0 Å². The molecule has 0 aliphatic carbocycles. The van der Waals surface area contributed by atoms with Crippen molar-refractivity contribution >= 4 is 0 Å². The van der Waals surface area contributed by atoms with E-state index in [0.29, 0.717) is 6.42 Å². The second kappa shape index (κ2) is 5.62. The molecule has 0 heterocycles. The molecule has 0 amide bonds. The van der Waals surface area contributed by atoms with Crippen molar-refractivity contribution in [3.63, 3.8) is 0 Å². The molecule has 3 N–H and O–H groups in total. The summed E-state index contributed by atoms with van der Waals surface area (Å²) in [6.45, 7) is 0.0234. The Hall–Kier alpha value is -1.64. The van der Waals surface area contributed by atoms with Gasteiger partial charge in [-0.15, -0.1) is 0 Å². The molecule has 0 aliphatic rings. The molecule has 0 saturated carbocycles. The highest BCUT2D eigenvalue weighted by molar-refractivity contribution is 5.63. The van der Waals surface area contributed by atoms with Gasteiger partial charge in [0, 0.05) is 6.04 Å². The predicted octanol–water partition coefficient (Wildman–Crippen LogP) is 2.22. The van der Waals surface area contributed by atoms with Gasteiger partial charge in [-0.3, -0.25) is 0 Å². The van der Waals surface area contributed by atoms with E-state index in [1.54, 1.807) is 0 Å². The Balaban J connectivity index is 2.23. The van der Waals surface area contributed by atoms with Gasteiger partial charge in [0.25, 0.3) is 0 Å². The van der Waals surface area contributed by atoms with Crippen LogP contribution in [-0.2, 0) is 6.42 Å². The van der Waals surface area contributed by atoms with Gasteiger partial charge in [-0.25, -0.2) is 0 Å². The van der Waals surface area contributed by atoms with Crippen LogP contribution in [0, 0.1) is 0 Å². The maximum Gasteiger partial charge on any atom is 0.0585 e. The van der Waals surface area contributed by atoms with Crippen molar-refractivity contribution in [2.45, 2.75) is 12.5 Å². The first-order valence-corrected chi connectivity index (χ1v) is 5.80. The number of rotatable bonds is 4. The van der Waals surface area contributed by atoms with Gasteiger partial charge in [-0.05, 0) is 23.1 Å². The second-order valence-corrected chi connectivity index (χ2v) is 4.21. The van der Waals surface area contributed by atoms with Gasteiger partial charge in [-0.2, -0.15) is 0 Å². The summed E-state index contributed by atoms with van der Waals surface area (Å²) in [4.78, 5) is 0. The Bertz CT molecular complexity index is 467. The predicted molar refractivity (Wildman–Crippen MR) is 70.6 cm³/mol. The molecule has 0 radical (unpaired) electrons. The van der Waals surface area contributed by atoms with Crippen LogP contribution < -0.4 is 5.73 Å². The lowest BCUT2D eigenvalue weighted by Crippen LogP contribution is -2.26. The van der Waals surface area contributed by atoms with Crippen LogP contribution in [0.1, 0.15) is 5.56 Å². The average molecular weight is 227 g/mol. The van der Waals surface area contributed by atoms with Crippen LogP contribution in [0.5, 0.6) is 0 Å². The van der Waals surface area contributed by atoms with Crippen molar-refractivity contribution in [3.05, 3.63) is 60.2 Å². The SMILES string of the molecule is NC(CO)Cc1cccc(-c2ccccc2)c1. The van der Waals surface area contributed by atoms with Gasteiger partial charge in [0.1, 0.15) is 0 Å². The molecule has 2 aromatic rings. The summed E-state index contributed by atoms with van der Waals surface area (Å²) >= 11 is 0. The minimum absolute atomic E-state index is 0.0234. The van der Waals surface area contributed by atoms with Crippen molar-refractivity contribution in [1.29, 1.82) is 0 Å². The van der Waals surface area contributed by atoms with Crippen LogP contribution in [0.25, 0.3) is 11.1 Å². The van der Waals surface area contributed by atoms with Gasteiger partial charge in [0.15, 0.2) is 0 Å². The number of hydrogen-bond acceptors (Lipinski definition) is 2. The second-order valence-electron chi connectivity index (χ2n) is 4.21. The van der Waals surface area contributed by atoms with E-state index in [0.717, 1.165) is 5.56 Å². The standard InChI is InChI=1S/C15H17NO/c16-15(11-17)10-12-5-4-8-14(9-12)13-6-2-1-3-7-13/h1-9,15,17H,10-11,16H2. The van der Waals surface area contributed by atoms with Crippen LogP contribution >= 0.6 is 0 Å². The molecule has 2 nitrogen and oxygen atoms in total. The largest absolute Gasteiger partial charge is 0.395 e. The third-order valence-corrected chi connectivity index (χ3v) is 2.77. The molecule has 2 rings (SSSR count). The minimum Gasteiger partial charge on any atom is -0.395 e. The van der Waals surface area contributed by atoms with Crippen LogP contribution in [0.4, 0.5) is 0 Å². The summed E-state index contributed by atoms with van der Waals surface area (Å²) in [6, 6.07) is 18.4. The van der Waals surface area contributed by atoms with E-state index in [9.17, 15) is 0 Å². The van der Waals surface area contributed by atoms with Crippen molar-refractivity contribution in [1.82, 2.24) is 0 Å². The summed E-state index contributed by atoms with van der Waals surface area (Å²) in [7, 11) is 0. The smallest absolute Gasteiger partial charge is 0.0585 e. The van der Waals surface area contributed by atoms with Gasteiger partial charge in [-0.1, -0.05) is 54.6 Å². The third-order valence-electron chi connectivity index (χ3n) is 2.77. The molecule has 0 bridgehead atoms. The van der Waals surface area contributed by atoms with Crippen molar-refractivity contribution in [3.8, 4) is 11.1 Å². The molecule has 0 saturated heterocycles. The van der Waals surface area contributed by atoms with Gasteiger partial charge in [0.2, 0.25) is 0 Å². The highest BCUT2D eigenvalue weighted by atomic mass is 16.3. The zero-order chi connectivity index (χ0) is 12.1. The van der Waals surface area contributed by atoms with E-state index in [2.05, 4.69) is 24.3 Å². The molecule has 2 heteroatoms. The number of aliphatic hydroxyl groups is 1. The molecular weight excluding hydrogens is 210 g/mol. The molecule has 0 aliphatic heterocycles. The van der Waals surface area contributed by atoms with Crippen LogP contribution in [0.2, 0.25) is 0 Å². The third kappa shape index (κ3) is 3.16. The van der Waals surface area contributed by atoms with E-state index in [-0.39, 0.29) is 12.6 Å². The fourth-order valence-corrected chi connectivity index (χ4v) is 1.88. The van der Waals surface area contributed by atoms with Gasteiger partial charge < -0.3 is 10.8 Å². The summed E-state index contributed by atoms with van der Waals surface area (Å²) in [5.74, 6) is 0. The lowest BCUT2D eigenvalue weighted by atomic mass is 10.00. The normalized spacial score (nSPS) is 12.4. The highest BCUT2D eigenvalue weighted by Gasteiger charge is 2.03.